The van der Waals surface area contributed by atoms with Crippen LogP contribution >= 0.6 is 0 Å². The van der Waals surface area contributed by atoms with Gasteiger partial charge in [-0.25, -0.2) is 19.6 Å². The van der Waals surface area contributed by atoms with E-state index in [0.29, 0.717) is 18.1 Å². The van der Waals surface area contributed by atoms with Crippen molar-refractivity contribution < 1.29 is 5.11 Å². The molecule has 0 bridgehead atoms. The van der Waals surface area contributed by atoms with E-state index in [1.807, 2.05) is 10.9 Å². The number of imidazole rings is 1. The Labute approximate surface area is 138 Å². The summed E-state index contributed by atoms with van der Waals surface area (Å²) in [7, 11) is 0. The lowest BCUT2D eigenvalue weighted by Crippen LogP contribution is -2.35. The van der Waals surface area contributed by atoms with Gasteiger partial charge in [-0.15, -0.1) is 5.10 Å². The summed E-state index contributed by atoms with van der Waals surface area (Å²) in [5.41, 5.74) is 2.42. The highest BCUT2D eigenvalue weighted by molar-refractivity contribution is 5.82. The van der Waals surface area contributed by atoms with E-state index in [-0.39, 0.29) is 0 Å². The first kappa shape index (κ1) is 15.0. The number of aliphatic hydroxyl groups is 1. The van der Waals surface area contributed by atoms with Gasteiger partial charge >= 0.3 is 0 Å². The highest BCUT2D eigenvalue weighted by atomic mass is 16.3. The minimum Gasteiger partial charge on any atom is -0.393 e. The smallest absolute Gasteiger partial charge is 0.182 e. The van der Waals surface area contributed by atoms with Crippen LogP contribution in [0, 0.1) is 0 Å². The maximum absolute atomic E-state index is 9.45. The van der Waals surface area contributed by atoms with Gasteiger partial charge in [-0.3, -0.25) is 0 Å². The van der Waals surface area contributed by atoms with Crippen molar-refractivity contribution in [1.82, 2.24) is 34.9 Å². The average Bonchev–Trinajstić information content (AvgIpc) is 3.23. The summed E-state index contributed by atoms with van der Waals surface area (Å²) in [4.78, 5) is 18.1. The number of fused-ring (bicyclic) bond motifs is 1. The van der Waals surface area contributed by atoms with Crippen LogP contribution in [0.25, 0.3) is 11.2 Å². The van der Waals surface area contributed by atoms with E-state index in [1.54, 1.807) is 19.6 Å². The van der Waals surface area contributed by atoms with Crippen molar-refractivity contribution in [3.05, 3.63) is 24.5 Å². The standard InChI is InChI=1S/C15H20N8O/c1-10(24)6-11-7-23(21-20-11)12-2-4-22(5-3-12)15-13-14(17-8-16-13)18-9-19-15/h7-10,12,24H,2-6H2,1H3,(H,16,17,18,19). The molecule has 126 valence electrons. The zero-order valence-electron chi connectivity index (χ0n) is 13.5. The summed E-state index contributed by atoms with van der Waals surface area (Å²) < 4.78 is 1.93. The van der Waals surface area contributed by atoms with Gasteiger partial charge in [0.05, 0.1) is 24.2 Å². The van der Waals surface area contributed by atoms with E-state index in [9.17, 15) is 5.11 Å². The Hall–Kier alpha value is -2.55. The molecule has 1 atom stereocenters. The second-order valence-electron chi connectivity index (χ2n) is 6.26. The topological polar surface area (TPSA) is 109 Å². The Morgan fingerprint density at radius 3 is 2.92 bits per heavy atom. The molecule has 24 heavy (non-hydrogen) atoms. The minimum absolute atomic E-state index is 0.329. The van der Waals surface area contributed by atoms with E-state index >= 15 is 0 Å². The third kappa shape index (κ3) is 2.82. The largest absolute Gasteiger partial charge is 0.393 e. The van der Waals surface area contributed by atoms with Gasteiger partial charge in [-0.2, -0.15) is 0 Å². The fourth-order valence-electron chi connectivity index (χ4n) is 3.22. The van der Waals surface area contributed by atoms with E-state index in [0.717, 1.165) is 43.0 Å². The van der Waals surface area contributed by atoms with E-state index < -0.39 is 6.10 Å². The highest BCUT2D eigenvalue weighted by Crippen LogP contribution is 2.27. The Morgan fingerprint density at radius 1 is 1.29 bits per heavy atom. The molecule has 1 fully saturated rings. The van der Waals surface area contributed by atoms with Crippen molar-refractivity contribution >= 4 is 17.0 Å². The molecule has 0 saturated carbocycles. The number of hydrogen-bond acceptors (Lipinski definition) is 7. The zero-order chi connectivity index (χ0) is 16.5. The fourth-order valence-corrected chi connectivity index (χ4v) is 3.22. The molecule has 1 saturated heterocycles. The van der Waals surface area contributed by atoms with Gasteiger partial charge in [0.2, 0.25) is 0 Å². The molecule has 9 heteroatoms. The summed E-state index contributed by atoms with van der Waals surface area (Å²) in [6.07, 6.45) is 7.24. The summed E-state index contributed by atoms with van der Waals surface area (Å²) in [6, 6.07) is 0.329. The molecule has 0 spiro atoms. The van der Waals surface area contributed by atoms with Crippen molar-refractivity contribution in [2.75, 3.05) is 18.0 Å². The molecule has 4 heterocycles. The molecule has 3 aromatic rings. The van der Waals surface area contributed by atoms with Crippen molar-refractivity contribution in [2.45, 2.75) is 38.3 Å². The highest BCUT2D eigenvalue weighted by Gasteiger charge is 2.24. The lowest BCUT2D eigenvalue weighted by atomic mass is 10.1. The molecule has 1 aliphatic rings. The Kier molecular flexibility index (Phi) is 3.85. The summed E-state index contributed by atoms with van der Waals surface area (Å²) in [5.74, 6) is 0.907. The molecule has 0 amide bonds. The molecule has 1 aliphatic heterocycles. The number of aliphatic hydroxyl groups excluding tert-OH is 1. The van der Waals surface area contributed by atoms with E-state index in [1.165, 1.54) is 0 Å². The number of hydrogen-bond donors (Lipinski definition) is 2. The molecule has 2 N–H and O–H groups in total. The number of anilines is 1. The normalized spacial score (nSPS) is 17.5. The van der Waals surface area contributed by atoms with Gasteiger partial charge in [0.1, 0.15) is 11.8 Å². The van der Waals surface area contributed by atoms with Crippen LogP contribution in [0.3, 0.4) is 0 Å². The Morgan fingerprint density at radius 2 is 2.12 bits per heavy atom. The van der Waals surface area contributed by atoms with Crippen molar-refractivity contribution in [3.8, 4) is 0 Å². The molecule has 0 aromatic carbocycles. The maximum Gasteiger partial charge on any atom is 0.182 e. The molecule has 0 aliphatic carbocycles. The molecule has 9 nitrogen and oxygen atoms in total. The van der Waals surface area contributed by atoms with Crippen molar-refractivity contribution in [2.24, 2.45) is 0 Å². The van der Waals surface area contributed by atoms with E-state index in [2.05, 4.69) is 35.1 Å². The first-order valence-electron chi connectivity index (χ1n) is 8.18. The first-order chi connectivity index (χ1) is 11.7. The van der Waals surface area contributed by atoms with Gasteiger partial charge in [0, 0.05) is 25.7 Å². The van der Waals surface area contributed by atoms with Crippen LogP contribution in [-0.4, -0.2) is 59.2 Å². The lowest BCUT2D eigenvalue weighted by Gasteiger charge is -2.32. The van der Waals surface area contributed by atoms with E-state index in [4.69, 9.17) is 0 Å². The molecule has 4 rings (SSSR count). The van der Waals surface area contributed by atoms with Crippen molar-refractivity contribution in [3.63, 3.8) is 0 Å². The predicted octanol–water partition coefficient (Wildman–Crippen LogP) is 0.709. The summed E-state index contributed by atoms with van der Waals surface area (Å²) in [5, 5.41) is 17.8. The third-order valence-corrected chi connectivity index (χ3v) is 4.40. The van der Waals surface area contributed by atoms with Crippen LogP contribution in [-0.2, 0) is 6.42 Å². The number of rotatable bonds is 4. The number of nitrogens with one attached hydrogen (secondary N) is 1. The van der Waals surface area contributed by atoms with Gasteiger partial charge in [0.15, 0.2) is 11.5 Å². The van der Waals surface area contributed by atoms with Gasteiger partial charge in [0.25, 0.3) is 0 Å². The number of aromatic amines is 1. The molecule has 3 aromatic heterocycles. The number of nitrogens with zero attached hydrogens (tertiary/aromatic N) is 7. The lowest BCUT2D eigenvalue weighted by molar-refractivity contribution is 0.194. The van der Waals surface area contributed by atoms with Crippen LogP contribution < -0.4 is 4.90 Å². The van der Waals surface area contributed by atoms with Gasteiger partial charge in [-0.1, -0.05) is 5.21 Å². The SMILES string of the molecule is CC(O)Cc1cn(C2CCN(c3ncnc4nc[nH]c34)CC2)nn1. The Bertz CT molecular complexity index is 818. The average molecular weight is 328 g/mol. The zero-order valence-corrected chi connectivity index (χ0v) is 13.5. The molecular weight excluding hydrogens is 308 g/mol. The number of piperidine rings is 1. The monoisotopic (exact) mass is 328 g/mol. The second kappa shape index (κ2) is 6.16. The molecule has 1 unspecified atom stereocenters. The predicted molar refractivity (Wildman–Crippen MR) is 87.6 cm³/mol. The van der Waals surface area contributed by atoms with Crippen LogP contribution in [0.15, 0.2) is 18.9 Å². The van der Waals surface area contributed by atoms with Crippen LogP contribution in [0.1, 0.15) is 31.5 Å². The maximum atomic E-state index is 9.45. The first-order valence-corrected chi connectivity index (χ1v) is 8.18. The van der Waals surface area contributed by atoms with Gasteiger partial charge in [-0.05, 0) is 19.8 Å². The van der Waals surface area contributed by atoms with Crippen LogP contribution in [0.2, 0.25) is 0 Å². The van der Waals surface area contributed by atoms with Crippen molar-refractivity contribution in [1.29, 1.82) is 0 Å². The quantitative estimate of drug-likeness (QED) is 0.726. The molecular formula is C15H20N8O. The second-order valence-corrected chi connectivity index (χ2v) is 6.26. The fraction of sp³-hybridized carbons (Fsp3) is 0.533. The Balaban J connectivity index is 1.45. The van der Waals surface area contributed by atoms with Crippen LogP contribution in [0.5, 0.6) is 0 Å². The number of aromatic nitrogens is 7. The van der Waals surface area contributed by atoms with Gasteiger partial charge < -0.3 is 15.0 Å². The minimum atomic E-state index is -0.397. The van der Waals surface area contributed by atoms with Crippen LogP contribution in [0.4, 0.5) is 5.82 Å². The number of H-pyrrole nitrogens is 1. The molecule has 0 radical (unpaired) electrons. The summed E-state index contributed by atoms with van der Waals surface area (Å²) >= 11 is 0. The summed E-state index contributed by atoms with van der Waals surface area (Å²) in [6.45, 7) is 3.54. The third-order valence-electron chi connectivity index (χ3n) is 4.40.